The number of hydrogen-bond acceptors (Lipinski definition) is 9. The molecule has 2 aromatic rings. The molecule has 10 heteroatoms. The molecule has 1 aliphatic heterocycles. The van der Waals surface area contributed by atoms with Crippen molar-refractivity contribution in [2.45, 2.75) is 45.3 Å². The molecule has 0 bridgehead atoms. The normalized spacial score (nSPS) is 25.7. The van der Waals surface area contributed by atoms with Crippen molar-refractivity contribution in [2.24, 2.45) is 5.92 Å². The number of anilines is 1. The van der Waals surface area contributed by atoms with Gasteiger partial charge in [0.2, 0.25) is 0 Å². The quantitative estimate of drug-likeness (QED) is 0.599. The van der Waals surface area contributed by atoms with E-state index in [-0.39, 0.29) is 11.7 Å². The molecule has 2 aromatic heterocycles. The Morgan fingerprint density at radius 3 is 2.70 bits per heavy atom. The Labute approximate surface area is 155 Å². The maximum Gasteiger partial charge on any atom is 0.303 e. The van der Waals surface area contributed by atoms with E-state index >= 15 is 0 Å². The van der Waals surface area contributed by atoms with E-state index in [4.69, 9.17) is 26.4 Å². The van der Waals surface area contributed by atoms with Crippen LogP contribution in [0.4, 0.5) is 5.82 Å². The molecule has 1 unspecified atom stereocenters. The summed E-state index contributed by atoms with van der Waals surface area (Å²) in [5.41, 5.74) is 6.64. The molecule has 27 heavy (non-hydrogen) atoms. The summed E-state index contributed by atoms with van der Waals surface area (Å²) in [7, 11) is 0. The van der Waals surface area contributed by atoms with Crippen molar-refractivity contribution in [3.05, 3.63) is 12.7 Å². The lowest BCUT2D eigenvalue weighted by molar-refractivity contribution is -0.154. The van der Waals surface area contributed by atoms with Crippen LogP contribution in [-0.2, 0) is 23.8 Å². The van der Waals surface area contributed by atoms with Crippen molar-refractivity contribution in [1.82, 2.24) is 19.5 Å². The summed E-state index contributed by atoms with van der Waals surface area (Å²) >= 11 is 0. The fourth-order valence-corrected chi connectivity index (χ4v) is 3.17. The van der Waals surface area contributed by atoms with Crippen molar-refractivity contribution < 1.29 is 23.8 Å². The summed E-state index contributed by atoms with van der Waals surface area (Å²) < 4.78 is 18.3. The zero-order chi connectivity index (χ0) is 19.7. The number of fused-ring (bicyclic) bond motifs is 1. The predicted octanol–water partition coefficient (Wildman–Crippen LogP) is 0.439. The molecule has 0 radical (unpaired) electrons. The summed E-state index contributed by atoms with van der Waals surface area (Å²) in [6, 6.07) is 0. The van der Waals surface area contributed by atoms with Crippen LogP contribution in [0.1, 0.15) is 27.0 Å². The van der Waals surface area contributed by atoms with Crippen molar-refractivity contribution >= 4 is 28.9 Å². The van der Waals surface area contributed by atoms with Gasteiger partial charge in [0.1, 0.15) is 17.9 Å². The summed E-state index contributed by atoms with van der Waals surface area (Å²) in [6.45, 7) is 4.36. The van der Waals surface area contributed by atoms with E-state index < -0.39 is 36.5 Å². The van der Waals surface area contributed by atoms with Crippen molar-refractivity contribution in [2.75, 3.05) is 5.73 Å². The van der Waals surface area contributed by atoms with Crippen molar-refractivity contribution in [3.8, 4) is 12.3 Å². The average molecular weight is 373 g/mol. The molecule has 3 heterocycles. The van der Waals surface area contributed by atoms with Gasteiger partial charge in [0.15, 0.2) is 29.9 Å². The lowest BCUT2D eigenvalue weighted by Gasteiger charge is -2.22. The lowest BCUT2D eigenvalue weighted by Crippen LogP contribution is -2.35. The van der Waals surface area contributed by atoms with Crippen LogP contribution in [0.25, 0.3) is 11.2 Å². The second kappa shape index (κ2) is 7.20. The van der Waals surface area contributed by atoms with Gasteiger partial charge in [-0.1, -0.05) is 12.8 Å². The highest BCUT2D eigenvalue weighted by Crippen LogP contribution is 2.39. The van der Waals surface area contributed by atoms with Crippen molar-refractivity contribution in [3.63, 3.8) is 0 Å². The number of terminal acetylenes is 1. The zero-order valence-electron chi connectivity index (χ0n) is 15.0. The highest BCUT2D eigenvalue weighted by molar-refractivity contribution is 5.81. The van der Waals surface area contributed by atoms with E-state index in [1.807, 2.05) is 0 Å². The second-order valence-corrected chi connectivity index (χ2v) is 6.20. The Hall–Kier alpha value is -3.19. The van der Waals surface area contributed by atoms with Gasteiger partial charge in [0.25, 0.3) is 0 Å². The van der Waals surface area contributed by atoms with Crippen LogP contribution < -0.4 is 5.73 Å². The molecule has 0 spiro atoms. The van der Waals surface area contributed by atoms with Gasteiger partial charge in [0, 0.05) is 19.8 Å². The summed E-state index contributed by atoms with van der Waals surface area (Å²) in [6.07, 6.45) is 5.18. The number of nitrogens with zero attached hydrogens (tertiary/aromatic N) is 4. The Bertz CT molecular complexity index is 920. The molecule has 0 amide bonds. The third kappa shape index (κ3) is 3.41. The van der Waals surface area contributed by atoms with Gasteiger partial charge in [0.05, 0.1) is 6.33 Å². The van der Waals surface area contributed by atoms with E-state index in [0.717, 1.165) is 0 Å². The minimum absolute atomic E-state index is 0.215. The number of hydrogen-bond donors (Lipinski definition) is 1. The molecule has 1 saturated heterocycles. The fraction of sp³-hybridized carbons (Fsp3) is 0.471. The molecular weight excluding hydrogens is 354 g/mol. The minimum atomic E-state index is -0.935. The van der Waals surface area contributed by atoms with Gasteiger partial charge < -0.3 is 19.9 Å². The number of nitrogens with two attached hydrogens (primary N) is 1. The number of nitrogen functional groups attached to an aromatic ring is 1. The van der Waals surface area contributed by atoms with Gasteiger partial charge in [-0.15, -0.1) is 6.42 Å². The largest absolute Gasteiger partial charge is 0.457 e. The molecule has 0 aliphatic carbocycles. The van der Waals surface area contributed by atoms with E-state index in [2.05, 4.69) is 20.9 Å². The third-order valence-electron chi connectivity index (χ3n) is 4.33. The first-order chi connectivity index (χ1) is 12.8. The van der Waals surface area contributed by atoms with Crippen LogP contribution in [0.2, 0.25) is 0 Å². The summed E-state index contributed by atoms with van der Waals surface area (Å²) in [5.74, 6) is 1.25. The topological polar surface area (TPSA) is 131 Å². The zero-order valence-corrected chi connectivity index (χ0v) is 15.0. The van der Waals surface area contributed by atoms with E-state index in [1.54, 1.807) is 11.5 Å². The molecule has 10 nitrogen and oxygen atoms in total. The second-order valence-electron chi connectivity index (χ2n) is 6.20. The highest BCUT2D eigenvalue weighted by Gasteiger charge is 2.49. The van der Waals surface area contributed by atoms with Gasteiger partial charge in [-0.2, -0.15) is 0 Å². The SMILES string of the molecule is C#CC(OC(C)=O)[C@H]1O[C@@H](n2cnc3c(N)ncnc32)[C@H](OC(C)=O)[C@H]1C. The van der Waals surface area contributed by atoms with Gasteiger partial charge in [-0.3, -0.25) is 14.2 Å². The lowest BCUT2D eigenvalue weighted by atomic mass is 9.96. The van der Waals surface area contributed by atoms with Crippen LogP contribution in [0.15, 0.2) is 12.7 Å². The van der Waals surface area contributed by atoms with Crippen LogP contribution in [0.5, 0.6) is 0 Å². The number of rotatable bonds is 4. The first kappa shape index (κ1) is 18.6. The molecule has 0 aromatic carbocycles. The number of carbonyl (C=O) groups excluding carboxylic acids is 2. The van der Waals surface area contributed by atoms with Crippen LogP contribution in [-0.4, -0.2) is 49.8 Å². The Morgan fingerprint density at radius 2 is 2.07 bits per heavy atom. The van der Waals surface area contributed by atoms with Gasteiger partial charge in [-0.05, 0) is 0 Å². The average Bonchev–Trinajstić information content (AvgIpc) is 3.16. The maximum absolute atomic E-state index is 11.6. The number of imidazole rings is 1. The standard InChI is InChI=1S/C17H19N5O5/c1-5-11(25-9(3)23)13-8(2)14(26-10(4)24)17(27-13)22-7-21-12-15(18)19-6-20-16(12)22/h1,6-8,11,13-14,17H,2-4H3,(H2,18,19,20)/t8-,11?,13-,14+,17+/m0/s1. The fourth-order valence-electron chi connectivity index (χ4n) is 3.17. The smallest absolute Gasteiger partial charge is 0.303 e. The number of ether oxygens (including phenoxy) is 3. The Kier molecular flexibility index (Phi) is 4.96. The van der Waals surface area contributed by atoms with Crippen LogP contribution in [0, 0.1) is 18.3 Å². The van der Waals surface area contributed by atoms with Crippen LogP contribution >= 0.6 is 0 Å². The summed E-state index contributed by atoms with van der Waals surface area (Å²) in [5, 5.41) is 0. The molecule has 0 saturated carbocycles. The molecule has 142 valence electrons. The molecule has 3 rings (SSSR count). The predicted molar refractivity (Wildman–Crippen MR) is 92.8 cm³/mol. The minimum Gasteiger partial charge on any atom is -0.457 e. The number of aromatic nitrogens is 4. The van der Waals surface area contributed by atoms with Gasteiger partial charge in [-0.25, -0.2) is 15.0 Å². The van der Waals surface area contributed by atoms with E-state index in [1.165, 1.54) is 26.5 Å². The number of carbonyl (C=O) groups is 2. The monoisotopic (exact) mass is 373 g/mol. The summed E-state index contributed by atoms with van der Waals surface area (Å²) in [4.78, 5) is 35.3. The molecule has 1 aliphatic rings. The number of esters is 2. The first-order valence-corrected chi connectivity index (χ1v) is 8.22. The van der Waals surface area contributed by atoms with Crippen LogP contribution in [0.3, 0.4) is 0 Å². The van der Waals surface area contributed by atoms with Crippen molar-refractivity contribution in [1.29, 1.82) is 0 Å². The maximum atomic E-state index is 11.6. The third-order valence-corrected chi connectivity index (χ3v) is 4.33. The van der Waals surface area contributed by atoms with E-state index in [9.17, 15) is 9.59 Å². The first-order valence-electron chi connectivity index (χ1n) is 8.22. The van der Waals surface area contributed by atoms with Gasteiger partial charge >= 0.3 is 11.9 Å². The molecule has 2 N–H and O–H groups in total. The molecule has 1 fully saturated rings. The Balaban J connectivity index is 2.01. The Morgan fingerprint density at radius 1 is 1.33 bits per heavy atom. The molecule has 5 atom stereocenters. The van der Waals surface area contributed by atoms with E-state index in [0.29, 0.717) is 11.2 Å². The molecular formula is C17H19N5O5. The highest BCUT2D eigenvalue weighted by atomic mass is 16.6.